The number of carbonyl (C=O) groups is 1. The summed E-state index contributed by atoms with van der Waals surface area (Å²) < 4.78 is 1.66. The summed E-state index contributed by atoms with van der Waals surface area (Å²) in [5.74, 6) is 0.0958. The van der Waals surface area contributed by atoms with E-state index in [0.717, 1.165) is 41.5 Å². The van der Waals surface area contributed by atoms with Gasteiger partial charge in [-0.05, 0) is 37.7 Å². The Morgan fingerprint density at radius 3 is 2.96 bits per heavy atom. The molecule has 5 rings (SSSR count). The lowest BCUT2D eigenvalue weighted by atomic mass is 9.95. The van der Waals surface area contributed by atoms with E-state index in [2.05, 4.69) is 20.4 Å². The molecule has 0 aliphatic heterocycles. The second kappa shape index (κ2) is 5.51. The monoisotopic (exact) mass is 341 g/mol. The van der Waals surface area contributed by atoms with Gasteiger partial charge in [-0.25, -0.2) is 14.5 Å². The van der Waals surface area contributed by atoms with Gasteiger partial charge in [-0.3, -0.25) is 4.79 Å². The maximum Gasteiger partial charge on any atom is 0.291 e. The van der Waals surface area contributed by atoms with Gasteiger partial charge < -0.3 is 5.32 Å². The molecule has 0 bridgehead atoms. The molecule has 0 aromatic carbocycles. The van der Waals surface area contributed by atoms with Crippen LogP contribution in [0.3, 0.4) is 0 Å². The van der Waals surface area contributed by atoms with Gasteiger partial charge in [0.1, 0.15) is 11.2 Å². The summed E-state index contributed by atoms with van der Waals surface area (Å²) >= 11 is 1.75. The van der Waals surface area contributed by atoms with E-state index in [-0.39, 0.29) is 17.8 Å². The van der Waals surface area contributed by atoms with E-state index in [1.807, 2.05) is 0 Å². The number of nitrogens with zero attached hydrogens (tertiary/aromatic N) is 4. The van der Waals surface area contributed by atoms with Gasteiger partial charge in [-0.15, -0.1) is 16.4 Å². The van der Waals surface area contributed by atoms with E-state index >= 15 is 0 Å². The van der Waals surface area contributed by atoms with Crippen molar-refractivity contribution in [1.82, 2.24) is 24.9 Å². The standard InChI is InChI=1S/C17H19N5OS/c23-16(19-10-5-2-1-3-6-10)14-20-15-13-11-7-4-8-12(11)24-17(13)18-9-22(15)21-14/h9-10H,1-8H2,(H,19,23). The topological polar surface area (TPSA) is 72.2 Å². The Labute approximate surface area is 143 Å². The van der Waals surface area contributed by atoms with Crippen molar-refractivity contribution in [2.24, 2.45) is 0 Å². The quantitative estimate of drug-likeness (QED) is 0.778. The third-order valence-electron chi connectivity index (χ3n) is 5.19. The highest BCUT2D eigenvalue weighted by atomic mass is 32.1. The summed E-state index contributed by atoms with van der Waals surface area (Å²) in [6.45, 7) is 0. The zero-order valence-corrected chi connectivity index (χ0v) is 14.2. The number of fused-ring (bicyclic) bond motifs is 5. The number of hydrogen-bond acceptors (Lipinski definition) is 5. The molecule has 0 radical (unpaired) electrons. The molecule has 2 aliphatic carbocycles. The van der Waals surface area contributed by atoms with Crippen LogP contribution in [-0.4, -0.2) is 31.5 Å². The van der Waals surface area contributed by atoms with Crippen molar-refractivity contribution in [3.8, 4) is 0 Å². The molecule has 124 valence electrons. The van der Waals surface area contributed by atoms with Crippen molar-refractivity contribution in [2.45, 2.75) is 57.4 Å². The van der Waals surface area contributed by atoms with E-state index in [4.69, 9.17) is 0 Å². The fourth-order valence-electron chi connectivity index (χ4n) is 3.99. The first kappa shape index (κ1) is 14.3. The number of thiophene rings is 1. The van der Waals surface area contributed by atoms with E-state index in [9.17, 15) is 4.79 Å². The highest BCUT2D eigenvalue weighted by Crippen LogP contribution is 2.37. The summed E-state index contributed by atoms with van der Waals surface area (Å²) in [6, 6.07) is 0.265. The van der Waals surface area contributed by atoms with Crippen molar-refractivity contribution in [3.05, 3.63) is 22.6 Å². The van der Waals surface area contributed by atoms with Gasteiger partial charge in [-0.1, -0.05) is 19.3 Å². The summed E-state index contributed by atoms with van der Waals surface area (Å²) in [7, 11) is 0. The van der Waals surface area contributed by atoms with Gasteiger partial charge in [0, 0.05) is 10.9 Å². The first-order chi connectivity index (χ1) is 11.8. The minimum atomic E-state index is -0.161. The molecule has 3 aromatic heterocycles. The lowest BCUT2D eigenvalue weighted by Crippen LogP contribution is -2.36. The van der Waals surface area contributed by atoms with Crippen LogP contribution in [0.4, 0.5) is 0 Å². The van der Waals surface area contributed by atoms with Crippen LogP contribution in [0.15, 0.2) is 6.33 Å². The Hall–Kier alpha value is -2.02. The number of carbonyl (C=O) groups excluding carboxylic acids is 1. The average molecular weight is 341 g/mol. The van der Waals surface area contributed by atoms with Crippen molar-refractivity contribution in [1.29, 1.82) is 0 Å². The highest BCUT2D eigenvalue weighted by Gasteiger charge is 2.24. The molecule has 24 heavy (non-hydrogen) atoms. The zero-order chi connectivity index (χ0) is 16.1. The van der Waals surface area contributed by atoms with E-state index in [1.165, 1.54) is 36.1 Å². The molecule has 0 atom stereocenters. The van der Waals surface area contributed by atoms with Gasteiger partial charge in [-0.2, -0.15) is 0 Å². The number of hydrogen-bond donors (Lipinski definition) is 1. The molecule has 0 saturated heterocycles. The molecule has 0 unspecified atom stereocenters. The van der Waals surface area contributed by atoms with Crippen molar-refractivity contribution < 1.29 is 4.79 Å². The predicted molar refractivity (Wildman–Crippen MR) is 92.5 cm³/mol. The predicted octanol–water partition coefficient (Wildman–Crippen LogP) is 2.89. The SMILES string of the molecule is O=C(NC1CCCCC1)c1nc2c3c4c(sc3ncn2n1)CCC4. The van der Waals surface area contributed by atoms with E-state index in [0.29, 0.717) is 0 Å². The van der Waals surface area contributed by atoms with Crippen molar-refractivity contribution in [3.63, 3.8) is 0 Å². The normalized spacial score (nSPS) is 18.3. The highest BCUT2D eigenvalue weighted by molar-refractivity contribution is 7.19. The lowest BCUT2D eigenvalue weighted by molar-refractivity contribution is 0.0917. The largest absolute Gasteiger partial charge is 0.347 e. The average Bonchev–Trinajstić information content (AvgIpc) is 3.28. The Bertz CT molecular complexity index is 937. The molecule has 7 heteroatoms. The van der Waals surface area contributed by atoms with Crippen LogP contribution in [0, 0.1) is 0 Å². The Balaban J connectivity index is 1.53. The maximum absolute atomic E-state index is 12.5. The molecule has 2 aliphatic rings. The van der Waals surface area contributed by atoms with Crippen LogP contribution in [0.25, 0.3) is 15.9 Å². The molecule has 1 N–H and O–H groups in total. The van der Waals surface area contributed by atoms with Crippen molar-refractivity contribution >= 4 is 33.1 Å². The van der Waals surface area contributed by atoms with Crippen LogP contribution in [0.2, 0.25) is 0 Å². The minimum absolute atomic E-state index is 0.161. The number of amides is 1. The van der Waals surface area contributed by atoms with Crippen LogP contribution >= 0.6 is 11.3 Å². The number of rotatable bonds is 2. The summed E-state index contributed by atoms with van der Waals surface area (Å²) in [4.78, 5) is 24.0. The summed E-state index contributed by atoms with van der Waals surface area (Å²) in [5, 5.41) is 8.56. The third kappa shape index (κ3) is 2.22. The molecule has 1 fully saturated rings. The summed E-state index contributed by atoms with van der Waals surface area (Å²) in [6.07, 6.45) is 10.8. The molecular weight excluding hydrogens is 322 g/mol. The second-order valence-corrected chi connectivity index (χ2v) is 7.88. The first-order valence-corrected chi connectivity index (χ1v) is 9.58. The molecule has 3 heterocycles. The third-order valence-corrected chi connectivity index (χ3v) is 6.39. The fourth-order valence-corrected chi connectivity index (χ4v) is 5.21. The smallest absolute Gasteiger partial charge is 0.291 e. The van der Waals surface area contributed by atoms with Gasteiger partial charge in [0.05, 0.1) is 5.39 Å². The molecule has 3 aromatic rings. The van der Waals surface area contributed by atoms with Gasteiger partial charge in [0.15, 0.2) is 5.65 Å². The summed E-state index contributed by atoms with van der Waals surface area (Å²) in [5.41, 5.74) is 2.13. The van der Waals surface area contributed by atoms with Gasteiger partial charge in [0.2, 0.25) is 5.82 Å². The molecule has 6 nitrogen and oxygen atoms in total. The minimum Gasteiger partial charge on any atom is -0.347 e. The van der Waals surface area contributed by atoms with Crippen LogP contribution < -0.4 is 5.32 Å². The Kier molecular flexibility index (Phi) is 3.29. The Morgan fingerprint density at radius 1 is 1.21 bits per heavy atom. The van der Waals surface area contributed by atoms with E-state index < -0.39 is 0 Å². The van der Waals surface area contributed by atoms with Crippen molar-refractivity contribution in [2.75, 3.05) is 0 Å². The van der Waals surface area contributed by atoms with Gasteiger partial charge >= 0.3 is 0 Å². The molecule has 1 amide bonds. The van der Waals surface area contributed by atoms with Crippen LogP contribution in [-0.2, 0) is 12.8 Å². The van der Waals surface area contributed by atoms with E-state index in [1.54, 1.807) is 22.2 Å². The fraction of sp³-hybridized carbons (Fsp3) is 0.529. The maximum atomic E-state index is 12.5. The first-order valence-electron chi connectivity index (χ1n) is 8.76. The number of aromatic nitrogens is 4. The second-order valence-electron chi connectivity index (χ2n) is 6.79. The van der Waals surface area contributed by atoms with Gasteiger partial charge in [0.25, 0.3) is 5.91 Å². The zero-order valence-electron chi connectivity index (χ0n) is 13.4. The number of aryl methyl sites for hydroxylation is 2. The Morgan fingerprint density at radius 2 is 2.08 bits per heavy atom. The number of nitrogens with one attached hydrogen (secondary N) is 1. The molecule has 0 spiro atoms. The molecular formula is C17H19N5OS. The van der Waals surface area contributed by atoms with Crippen LogP contribution in [0.1, 0.15) is 59.6 Å². The lowest BCUT2D eigenvalue weighted by Gasteiger charge is -2.21. The molecule has 1 saturated carbocycles. The van der Waals surface area contributed by atoms with Crippen LogP contribution in [0.5, 0.6) is 0 Å².